The highest BCUT2D eigenvalue weighted by Crippen LogP contribution is 2.36. The number of hydrogen-bond donors (Lipinski definition) is 1. The normalized spacial score (nSPS) is 20.1. The fraction of sp³-hybridized carbons (Fsp3) is 0.400. The van der Waals surface area contributed by atoms with Crippen LogP contribution < -0.4 is 10.1 Å². The van der Waals surface area contributed by atoms with Gasteiger partial charge >= 0.3 is 0 Å². The summed E-state index contributed by atoms with van der Waals surface area (Å²) >= 11 is 0. The molecule has 1 aliphatic heterocycles. The molecule has 0 aliphatic carbocycles. The highest BCUT2D eigenvalue weighted by molar-refractivity contribution is 5.79. The zero-order valence-corrected chi connectivity index (χ0v) is 14.8. The van der Waals surface area contributed by atoms with Crippen LogP contribution in [0, 0.1) is 5.92 Å². The molecule has 2 atom stereocenters. The molecule has 25 heavy (non-hydrogen) atoms. The summed E-state index contributed by atoms with van der Waals surface area (Å²) < 4.78 is 5.67. The van der Waals surface area contributed by atoms with Crippen molar-refractivity contribution in [1.82, 2.24) is 15.2 Å². The first-order chi connectivity index (χ1) is 12.2. The molecule has 5 heteroatoms. The van der Waals surface area contributed by atoms with Crippen molar-refractivity contribution in [3.63, 3.8) is 0 Å². The number of nitrogens with one attached hydrogen (secondary N) is 1. The lowest BCUT2D eigenvalue weighted by Gasteiger charge is -2.25. The van der Waals surface area contributed by atoms with Gasteiger partial charge in [0.05, 0.1) is 12.6 Å². The molecule has 1 fully saturated rings. The lowest BCUT2D eigenvalue weighted by atomic mass is 9.94. The molecule has 132 valence electrons. The number of ether oxygens (including phenoxy) is 1. The minimum atomic E-state index is 0.102. The standard InChI is InChI=1S/C20H25N3O2/c1-3-25-18-7-5-4-6-16(18)13-22-14-17-12-19(24)23(2)20(17)15-8-10-21-11-9-15/h4-11,17,20,22H,3,12-14H2,1-2H3/t17-,20-/m0/s1. The number of carbonyl (C=O) groups is 1. The first-order valence-electron chi connectivity index (χ1n) is 8.77. The molecule has 3 rings (SSSR count). The Balaban J connectivity index is 1.65. The summed E-state index contributed by atoms with van der Waals surface area (Å²) in [5.41, 5.74) is 2.28. The average Bonchev–Trinajstić information content (AvgIpc) is 2.91. The number of benzene rings is 1. The van der Waals surface area contributed by atoms with E-state index < -0.39 is 0 Å². The largest absolute Gasteiger partial charge is 0.494 e. The molecule has 1 amide bonds. The number of pyridine rings is 1. The number of para-hydroxylation sites is 1. The van der Waals surface area contributed by atoms with E-state index in [-0.39, 0.29) is 17.9 Å². The van der Waals surface area contributed by atoms with Gasteiger partial charge in [-0.1, -0.05) is 18.2 Å². The monoisotopic (exact) mass is 339 g/mol. The molecule has 1 aromatic carbocycles. The van der Waals surface area contributed by atoms with Gasteiger partial charge in [-0.3, -0.25) is 9.78 Å². The Kier molecular flexibility index (Phi) is 5.66. The molecule has 0 bridgehead atoms. The molecule has 2 aromatic rings. The number of likely N-dealkylation sites (tertiary alicyclic amines) is 1. The third-order valence-electron chi connectivity index (χ3n) is 4.74. The maximum absolute atomic E-state index is 12.2. The van der Waals surface area contributed by atoms with Gasteiger partial charge in [-0.2, -0.15) is 0 Å². The predicted molar refractivity (Wildman–Crippen MR) is 97.2 cm³/mol. The Bertz CT molecular complexity index is 705. The van der Waals surface area contributed by atoms with Crippen LogP contribution in [-0.2, 0) is 11.3 Å². The Hall–Kier alpha value is -2.40. The number of aromatic nitrogens is 1. The molecule has 1 saturated heterocycles. The maximum Gasteiger partial charge on any atom is 0.223 e. The Morgan fingerprint density at radius 1 is 1.24 bits per heavy atom. The van der Waals surface area contributed by atoms with Gasteiger partial charge in [-0.15, -0.1) is 0 Å². The number of hydrogen-bond acceptors (Lipinski definition) is 4. The van der Waals surface area contributed by atoms with Crippen LogP contribution in [0.2, 0.25) is 0 Å². The summed E-state index contributed by atoms with van der Waals surface area (Å²) in [7, 11) is 1.89. The van der Waals surface area contributed by atoms with E-state index in [0.717, 1.165) is 30.0 Å². The van der Waals surface area contributed by atoms with Crippen LogP contribution in [0.5, 0.6) is 5.75 Å². The molecule has 1 N–H and O–H groups in total. The van der Waals surface area contributed by atoms with Gasteiger partial charge in [0.15, 0.2) is 0 Å². The van der Waals surface area contributed by atoms with E-state index in [1.54, 1.807) is 12.4 Å². The number of nitrogens with zero attached hydrogens (tertiary/aromatic N) is 2. The van der Waals surface area contributed by atoms with E-state index >= 15 is 0 Å². The molecule has 1 aromatic heterocycles. The summed E-state index contributed by atoms with van der Waals surface area (Å²) in [5, 5.41) is 3.51. The molecule has 0 unspecified atom stereocenters. The second-order valence-corrected chi connectivity index (χ2v) is 6.37. The van der Waals surface area contributed by atoms with Gasteiger partial charge in [0.1, 0.15) is 5.75 Å². The predicted octanol–water partition coefficient (Wildman–Crippen LogP) is 2.79. The topological polar surface area (TPSA) is 54.5 Å². The van der Waals surface area contributed by atoms with Gasteiger partial charge in [-0.25, -0.2) is 0 Å². The smallest absolute Gasteiger partial charge is 0.223 e. The lowest BCUT2D eigenvalue weighted by molar-refractivity contribution is -0.127. The molecule has 5 nitrogen and oxygen atoms in total. The van der Waals surface area contributed by atoms with E-state index in [4.69, 9.17) is 4.74 Å². The molecule has 0 saturated carbocycles. The van der Waals surface area contributed by atoms with Crippen molar-refractivity contribution in [2.45, 2.75) is 25.9 Å². The zero-order valence-electron chi connectivity index (χ0n) is 14.8. The Morgan fingerprint density at radius 2 is 2.00 bits per heavy atom. The van der Waals surface area contributed by atoms with Crippen LogP contribution in [0.25, 0.3) is 0 Å². The van der Waals surface area contributed by atoms with Gasteiger partial charge in [0.25, 0.3) is 0 Å². The van der Waals surface area contributed by atoms with E-state index in [1.165, 1.54) is 0 Å². The Labute approximate surface area is 149 Å². The second-order valence-electron chi connectivity index (χ2n) is 6.37. The summed E-state index contributed by atoms with van der Waals surface area (Å²) in [5.74, 6) is 1.37. The van der Waals surface area contributed by atoms with E-state index in [0.29, 0.717) is 13.0 Å². The number of carbonyl (C=O) groups excluding carboxylic acids is 1. The van der Waals surface area contributed by atoms with Crippen LogP contribution in [0.3, 0.4) is 0 Å². The summed E-state index contributed by atoms with van der Waals surface area (Å²) in [6.07, 6.45) is 4.15. The third kappa shape index (κ3) is 3.99. The number of rotatable bonds is 7. The average molecular weight is 339 g/mol. The molecule has 1 aliphatic rings. The Morgan fingerprint density at radius 3 is 2.76 bits per heavy atom. The van der Waals surface area contributed by atoms with Crippen molar-refractivity contribution >= 4 is 5.91 Å². The summed E-state index contributed by atoms with van der Waals surface area (Å²) in [6.45, 7) is 4.16. The lowest BCUT2D eigenvalue weighted by Crippen LogP contribution is -2.29. The zero-order chi connectivity index (χ0) is 17.6. The fourth-order valence-corrected chi connectivity index (χ4v) is 3.53. The summed E-state index contributed by atoms with van der Waals surface area (Å²) in [4.78, 5) is 18.1. The molecule has 0 spiro atoms. The first kappa shape index (κ1) is 17.4. The minimum Gasteiger partial charge on any atom is -0.494 e. The van der Waals surface area contributed by atoms with Gasteiger partial charge in [0.2, 0.25) is 5.91 Å². The highest BCUT2D eigenvalue weighted by Gasteiger charge is 2.37. The highest BCUT2D eigenvalue weighted by atomic mass is 16.5. The van der Waals surface area contributed by atoms with Crippen molar-refractivity contribution in [3.8, 4) is 5.75 Å². The van der Waals surface area contributed by atoms with Crippen molar-refractivity contribution in [3.05, 3.63) is 59.9 Å². The van der Waals surface area contributed by atoms with E-state index in [1.807, 2.05) is 49.2 Å². The van der Waals surface area contributed by atoms with Crippen molar-refractivity contribution < 1.29 is 9.53 Å². The van der Waals surface area contributed by atoms with Crippen LogP contribution in [0.1, 0.15) is 30.5 Å². The van der Waals surface area contributed by atoms with Crippen LogP contribution >= 0.6 is 0 Å². The number of amides is 1. The summed E-state index contributed by atoms with van der Waals surface area (Å²) in [6, 6.07) is 12.2. The molecular weight excluding hydrogens is 314 g/mol. The fourth-order valence-electron chi connectivity index (χ4n) is 3.53. The van der Waals surface area contributed by atoms with Gasteiger partial charge < -0.3 is 15.0 Å². The van der Waals surface area contributed by atoms with Crippen molar-refractivity contribution in [2.24, 2.45) is 5.92 Å². The van der Waals surface area contributed by atoms with Crippen LogP contribution in [0.4, 0.5) is 0 Å². The quantitative estimate of drug-likeness (QED) is 0.843. The van der Waals surface area contributed by atoms with Gasteiger partial charge in [0, 0.05) is 50.4 Å². The molecular formula is C20H25N3O2. The van der Waals surface area contributed by atoms with Crippen LogP contribution in [-0.4, -0.2) is 36.0 Å². The molecule has 2 heterocycles. The van der Waals surface area contributed by atoms with E-state index in [9.17, 15) is 4.79 Å². The van der Waals surface area contributed by atoms with Gasteiger partial charge in [-0.05, 0) is 30.7 Å². The second kappa shape index (κ2) is 8.12. The SMILES string of the molecule is CCOc1ccccc1CNC[C@@H]1CC(=O)N(C)[C@H]1c1ccncc1. The molecule has 0 radical (unpaired) electrons. The van der Waals surface area contributed by atoms with Crippen LogP contribution in [0.15, 0.2) is 48.8 Å². The minimum absolute atomic E-state index is 0.102. The first-order valence-corrected chi connectivity index (χ1v) is 8.77. The van der Waals surface area contributed by atoms with E-state index in [2.05, 4.69) is 16.4 Å². The van der Waals surface area contributed by atoms with Crippen molar-refractivity contribution in [1.29, 1.82) is 0 Å². The third-order valence-corrected chi connectivity index (χ3v) is 4.74. The van der Waals surface area contributed by atoms with Crippen molar-refractivity contribution in [2.75, 3.05) is 20.2 Å². The maximum atomic E-state index is 12.2.